The van der Waals surface area contributed by atoms with Crippen molar-refractivity contribution in [3.63, 3.8) is 0 Å². The summed E-state index contributed by atoms with van der Waals surface area (Å²) in [5, 5.41) is 10.0. The topological polar surface area (TPSA) is 101 Å². The minimum absolute atomic E-state index is 0.0288. The summed E-state index contributed by atoms with van der Waals surface area (Å²) in [5.74, 6) is 1.60. The van der Waals surface area contributed by atoms with E-state index in [-0.39, 0.29) is 17.4 Å². The van der Waals surface area contributed by atoms with Crippen molar-refractivity contribution in [3.8, 4) is 11.3 Å². The fraction of sp³-hybridized carbons (Fsp3) is 0.565. The van der Waals surface area contributed by atoms with E-state index in [4.69, 9.17) is 21.3 Å². The quantitative estimate of drug-likeness (QED) is 0.606. The minimum atomic E-state index is -0.0861. The van der Waals surface area contributed by atoms with Gasteiger partial charge >= 0.3 is 0 Å². The van der Waals surface area contributed by atoms with Gasteiger partial charge in [0.1, 0.15) is 11.6 Å². The number of hydrogen-bond donors (Lipinski definition) is 3. The molecule has 0 aromatic carbocycles. The smallest absolute Gasteiger partial charge is 0.229 e. The van der Waals surface area contributed by atoms with Crippen molar-refractivity contribution in [2.45, 2.75) is 45.1 Å². The van der Waals surface area contributed by atoms with Crippen molar-refractivity contribution < 1.29 is 9.53 Å². The first-order chi connectivity index (χ1) is 15.4. The summed E-state index contributed by atoms with van der Waals surface area (Å²) in [6.45, 7) is 7.51. The Hall–Kier alpha value is -2.29. The van der Waals surface area contributed by atoms with Crippen LogP contribution in [-0.2, 0) is 9.53 Å². The van der Waals surface area contributed by atoms with Crippen LogP contribution in [0.4, 0.5) is 11.6 Å². The van der Waals surface area contributed by atoms with Crippen LogP contribution >= 0.6 is 11.6 Å². The largest absolute Gasteiger partial charge is 0.376 e. The monoisotopic (exact) mass is 458 g/mol. The van der Waals surface area contributed by atoms with Crippen molar-refractivity contribution in [2.24, 2.45) is 11.8 Å². The molecule has 8 nitrogen and oxygen atoms in total. The predicted molar refractivity (Wildman–Crippen MR) is 126 cm³/mol. The molecule has 4 rings (SSSR count). The Labute approximate surface area is 193 Å². The maximum atomic E-state index is 12.6. The van der Waals surface area contributed by atoms with Crippen LogP contribution in [0.1, 0.15) is 39.5 Å². The molecule has 0 unspecified atom stereocenters. The third-order valence-electron chi connectivity index (χ3n) is 6.06. The summed E-state index contributed by atoms with van der Waals surface area (Å²) >= 11 is 6.41. The van der Waals surface area contributed by atoms with Crippen molar-refractivity contribution in [1.82, 2.24) is 20.3 Å². The second-order valence-electron chi connectivity index (χ2n) is 9.22. The first-order valence-electron chi connectivity index (χ1n) is 11.3. The van der Waals surface area contributed by atoms with Gasteiger partial charge in [0.2, 0.25) is 5.91 Å². The Kier molecular flexibility index (Phi) is 7.23. The van der Waals surface area contributed by atoms with Gasteiger partial charge in [-0.3, -0.25) is 9.78 Å². The second kappa shape index (κ2) is 10.1. The number of nitrogens with one attached hydrogen (secondary N) is 3. The molecule has 0 saturated carbocycles. The van der Waals surface area contributed by atoms with Crippen molar-refractivity contribution >= 4 is 29.1 Å². The van der Waals surface area contributed by atoms with E-state index in [9.17, 15) is 4.79 Å². The number of nitrogens with zero attached hydrogens (tertiary/aromatic N) is 3. The number of piperidine rings is 1. The number of carbonyl (C=O) groups is 1. The van der Waals surface area contributed by atoms with Crippen LogP contribution < -0.4 is 16.0 Å². The molecule has 2 aromatic rings. The summed E-state index contributed by atoms with van der Waals surface area (Å²) in [5.41, 5.74) is 1.23. The van der Waals surface area contributed by atoms with Crippen LogP contribution in [0, 0.1) is 11.8 Å². The van der Waals surface area contributed by atoms with E-state index in [1.165, 1.54) is 6.20 Å². The minimum Gasteiger partial charge on any atom is -0.376 e. The predicted octanol–water partition coefficient (Wildman–Crippen LogP) is 3.75. The summed E-state index contributed by atoms with van der Waals surface area (Å²) in [7, 11) is 0. The number of carbonyl (C=O) groups excluding carboxylic acids is 1. The standard InChI is InChI=1S/C23H31ClN6O2/c1-23(2)9-15(5-7-32-23)10-27-21-14-26-13-19(29-21)17-8-20(28-12-18(17)24)30-22(31)16-4-3-6-25-11-16/h8,12-16,25H,3-7,9-11H2,1-2H3,(H,27,29)(H,28,30,31)/t15-,16-/m1/s1. The number of ether oxygens (including phenoxy) is 1. The number of pyridine rings is 1. The van der Waals surface area contributed by atoms with E-state index in [0.29, 0.717) is 40.4 Å². The molecule has 32 heavy (non-hydrogen) atoms. The molecule has 2 saturated heterocycles. The highest BCUT2D eigenvalue weighted by Crippen LogP contribution is 2.30. The van der Waals surface area contributed by atoms with Crippen LogP contribution in [0.25, 0.3) is 11.3 Å². The Bertz CT molecular complexity index is 948. The van der Waals surface area contributed by atoms with Crippen molar-refractivity contribution in [2.75, 3.05) is 36.9 Å². The lowest BCUT2D eigenvalue weighted by Crippen LogP contribution is -2.37. The molecule has 2 aliphatic rings. The molecule has 172 valence electrons. The normalized spacial score (nSPS) is 22.8. The number of rotatable bonds is 6. The molecule has 0 radical (unpaired) electrons. The fourth-order valence-electron chi connectivity index (χ4n) is 4.37. The number of amides is 1. The summed E-state index contributed by atoms with van der Waals surface area (Å²) in [4.78, 5) is 25.9. The van der Waals surface area contributed by atoms with E-state index in [0.717, 1.165) is 45.4 Å². The zero-order valence-corrected chi connectivity index (χ0v) is 19.4. The lowest BCUT2D eigenvalue weighted by atomic mass is 9.88. The average molecular weight is 459 g/mol. The van der Waals surface area contributed by atoms with Gasteiger partial charge in [-0.05, 0) is 58.1 Å². The van der Waals surface area contributed by atoms with E-state index in [2.05, 4.69) is 39.8 Å². The second-order valence-corrected chi connectivity index (χ2v) is 9.63. The van der Waals surface area contributed by atoms with Gasteiger partial charge in [0.15, 0.2) is 0 Å². The zero-order chi connectivity index (χ0) is 22.6. The molecule has 9 heteroatoms. The Morgan fingerprint density at radius 1 is 1.28 bits per heavy atom. The highest BCUT2D eigenvalue weighted by atomic mass is 35.5. The van der Waals surface area contributed by atoms with Crippen LogP contribution in [0.3, 0.4) is 0 Å². The number of aromatic nitrogens is 3. The molecule has 0 spiro atoms. The maximum absolute atomic E-state index is 12.6. The first kappa shape index (κ1) is 22.9. The number of anilines is 2. The molecule has 2 fully saturated rings. The van der Waals surface area contributed by atoms with E-state index >= 15 is 0 Å². The zero-order valence-electron chi connectivity index (χ0n) is 18.7. The van der Waals surface area contributed by atoms with Gasteiger partial charge in [-0.1, -0.05) is 11.6 Å². The highest BCUT2D eigenvalue weighted by molar-refractivity contribution is 6.33. The fourth-order valence-corrected chi connectivity index (χ4v) is 4.57. The van der Waals surface area contributed by atoms with E-state index < -0.39 is 0 Å². The lowest BCUT2D eigenvalue weighted by molar-refractivity contribution is -0.120. The highest BCUT2D eigenvalue weighted by Gasteiger charge is 2.28. The molecule has 0 bridgehead atoms. The van der Waals surface area contributed by atoms with Crippen LogP contribution in [0.2, 0.25) is 5.02 Å². The van der Waals surface area contributed by atoms with Crippen LogP contribution in [0.5, 0.6) is 0 Å². The van der Waals surface area contributed by atoms with Gasteiger partial charge in [-0.15, -0.1) is 0 Å². The van der Waals surface area contributed by atoms with Crippen LogP contribution in [-0.4, -0.2) is 52.7 Å². The summed E-state index contributed by atoms with van der Waals surface area (Å²) in [6, 6.07) is 1.76. The van der Waals surface area contributed by atoms with Gasteiger partial charge < -0.3 is 20.7 Å². The molecular formula is C23H31ClN6O2. The molecule has 0 aliphatic carbocycles. The first-order valence-corrected chi connectivity index (χ1v) is 11.6. The summed E-state index contributed by atoms with van der Waals surface area (Å²) in [6.07, 6.45) is 8.82. The van der Waals surface area contributed by atoms with Gasteiger partial charge in [0.05, 0.1) is 34.6 Å². The third kappa shape index (κ3) is 5.94. The molecule has 2 aliphatic heterocycles. The van der Waals surface area contributed by atoms with Crippen molar-refractivity contribution in [3.05, 3.63) is 29.7 Å². The molecule has 4 heterocycles. The maximum Gasteiger partial charge on any atom is 0.229 e. The SMILES string of the molecule is CC1(C)C[C@H](CNc2cncc(-c3cc(NC(=O)[C@@H]4CCCNC4)ncc3Cl)n2)CCO1. The third-order valence-corrected chi connectivity index (χ3v) is 6.36. The summed E-state index contributed by atoms with van der Waals surface area (Å²) < 4.78 is 5.81. The average Bonchev–Trinajstić information content (AvgIpc) is 2.79. The van der Waals surface area contributed by atoms with Gasteiger partial charge in [0.25, 0.3) is 0 Å². The van der Waals surface area contributed by atoms with Gasteiger partial charge in [-0.25, -0.2) is 9.97 Å². The van der Waals surface area contributed by atoms with Crippen molar-refractivity contribution in [1.29, 1.82) is 0 Å². The number of halogens is 1. The molecule has 3 N–H and O–H groups in total. The molecule has 2 atom stereocenters. The Balaban J connectivity index is 1.43. The van der Waals surface area contributed by atoms with Gasteiger partial charge in [0, 0.05) is 31.5 Å². The van der Waals surface area contributed by atoms with E-state index in [1.54, 1.807) is 18.5 Å². The molecular weight excluding hydrogens is 428 g/mol. The molecule has 1 amide bonds. The number of hydrogen-bond acceptors (Lipinski definition) is 7. The molecule has 2 aromatic heterocycles. The lowest BCUT2D eigenvalue weighted by Gasteiger charge is -2.35. The Morgan fingerprint density at radius 3 is 2.94 bits per heavy atom. The Morgan fingerprint density at radius 2 is 2.16 bits per heavy atom. The van der Waals surface area contributed by atoms with E-state index in [1.807, 2.05) is 0 Å². The van der Waals surface area contributed by atoms with Gasteiger partial charge in [-0.2, -0.15) is 0 Å². The van der Waals surface area contributed by atoms with Crippen LogP contribution in [0.15, 0.2) is 24.7 Å².